The third-order valence-electron chi connectivity index (χ3n) is 6.71. The number of ether oxygens (including phenoxy) is 1. The van der Waals surface area contributed by atoms with Crippen LogP contribution in [0, 0.1) is 0 Å². The highest BCUT2D eigenvalue weighted by Crippen LogP contribution is 2.24. The number of hydrogen-bond donors (Lipinski definition) is 1. The molecule has 0 unspecified atom stereocenters. The number of benzene rings is 3. The van der Waals surface area contributed by atoms with Gasteiger partial charge in [-0.2, -0.15) is 0 Å². The first-order chi connectivity index (χ1) is 17.7. The summed E-state index contributed by atoms with van der Waals surface area (Å²) in [6.45, 7) is 3.27. The Balaban J connectivity index is 1.24. The summed E-state index contributed by atoms with van der Waals surface area (Å²) in [5, 5.41) is 3.99. The summed E-state index contributed by atoms with van der Waals surface area (Å²) < 4.78 is 7.60. The van der Waals surface area contributed by atoms with E-state index in [-0.39, 0.29) is 11.8 Å². The SMILES string of the molecule is O=C(Nc1ccccc1)c1ccccc1CCCCn1cc(C(=O)N2CCOCC2)c2ccccc21. The highest BCUT2D eigenvalue weighted by Gasteiger charge is 2.22. The molecular formula is C30H31N3O3. The Kier molecular flexibility index (Phi) is 7.43. The van der Waals surface area contributed by atoms with Crippen LogP contribution in [-0.2, 0) is 17.7 Å². The Morgan fingerprint density at radius 2 is 1.53 bits per heavy atom. The number of aromatic nitrogens is 1. The lowest BCUT2D eigenvalue weighted by atomic mass is 10.0. The fourth-order valence-corrected chi connectivity index (χ4v) is 4.82. The second-order valence-corrected chi connectivity index (χ2v) is 9.09. The van der Waals surface area contributed by atoms with Crippen molar-refractivity contribution in [2.75, 3.05) is 31.6 Å². The number of hydrogen-bond acceptors (Lipinski definition) is 3. The van der Waals surface area contributed by atoms with Gasteiger partial charge in [-0.05, 0) is 49.1 Å². The third kappa shape index (κ3) is 5.34. The molecule has 1 N–H and O–H groups in total. The van der Waals surface area contributed by atoms with E-state index in [9.17, 15) is 9.59 Å². The molecule has 184 valence electrons. The van der Waals surface area contributed by atoms with Crippen LogP contribution >= 0.6 is 0 Å². The topological polar surface area (TPSA) is 63.6 Å². The van der Waals surface area contributed by atoms with Crippen LogP contribution in [0.2, 0.25) is 0 Å². The molecule has 5 rings (SSSR count). The minimum Gasteiger partial charge on any atom is -0.378 e. The van der Waals surface area contributed by atoms with Gasteiger partial charge in [0.2, 0.25) is 0 Å². The number of rotatable bonds is 8. The number of para-hydroxylation sites is 2. The molecule has 6 heteroatoms. The second-order valence-electron chi connectivity index (χ2n) is 9.09. The second kappa shape index (κ2) is 11.2. The van der Waals surface area contributed by atoms with Crippen LogP contribution in [0.3, 0.4) is 0 Å². The van der Waals surface area contributed by atoms with Crippen LogP contribution in [0.15, 0.2) is 85.1 Å². The van der Waals surface area contributed by atoms with Gasteiger partial charge in [-0.15, -0.1) is 0 Å². The third-order valence-corrected chi connectivity index (χ3v) is 6.71. The fraction of sp³-hybridized carbons (Fsp3) is 0.267. The lowest BCUT2D eigenvalue weighted by Crippen LogP contribution is -2.40. The van der Waals surface area contributed by atoms with Gasteiger partial charge in [-0.3, -0.25) is 9.59 Å². The van der Waals surface area contributed by atoms with E-state index in [0.29, 0.717) is 31.9 Å². The van der Waals surface area contributed by atoms with Crippen LogP contribution in [0.4, 0.5) is 5.69 Å². The van der Waals surface area contributed by atoms with E-state index in [0.717, 1.165) is 53.5 Å². The van der Waals surface area contributed by atoms with Gasteiger partial charge in [0.15, 0.2) is 0 Å². The van der Waals surface area contributed by atoms with E-state index in [4.69, 9.17) is 4.74 Å². The van der Waals surface area contributed by atoms with Gasteiger partial charge in [0.1, 0.15) is 0 Å². The van der Waals surface area contributed by atoms with Crippen molar-refractivity contribution in [1.82, 2.24) is 9.47 Å². The van der Waals surface area contributed by atoms with Crippen molar-refractivity contribution in [2.45, 2.75) is 25.8 Å². The normalized spacial score (nSPS) is 13.6. The van der Waals surface area contributed by atoms with Gasteiger partial charge in [-0.25, -0.2) is 0 Å². The standard InChI is InChI=1S/C30H31N3O3/c34-29(31-24-12-2-1-3-13-24)25-14-5-4-10-23(25)11-8-9-17-33-22-27(26-15-6-7-16-28(26)33)30(35)32-18-20-36-21-19-32/h1-7,10,12-16,22H,8-9,11,17-21H2,(H,31,34). The Morgan fingerprint density at radius 3 is 2.36 bits per heavy atom. The van der Waals surface area contributed by atoms with Crippen LogP contribution in [0.25, 0.3) is 10.9 Å². The van der Waals surface area contributed by atoms with Crippen LogP contribution in [-0.4, -0.2) is 47.6 Å². The number of fused-ring (bicyclic) bond motifs is 1. The first-order valence-electron chi connectivity index (χ1n) is 12.6. The smallest absolute Gasteiger partial charge is 0.256 e. The maximum Gasteiger partial charge on any atom is 0.256 e. The number of unbranched alkanes of at least 4 members (excludes halogenated alkanes) is 1. The maximum absolute atomic E-state index is 13.2. The molecule has 1 fully saturated rings. The molecule has 0 bridgehead atoms. The van der Waals surface area contributed by atoms with E-state index in [1.165, 1.54) is 0 Å². The molecule has 1 aliphatic heterocycles. The molecule has 0 aliphatic carbocycles. The zero-order valence-electron chi connectivity index (χ0n) is 20.4. The number of carbonyl (C=O) groups excluding carboxylic acids is 2. The Bertz CT molecular complexity index is 1340. The summed E-state index contributed by atoms with van der Waals surface area (Å²) in [6.07, 6.45) is 4.70. The summed E-state index contributed by atoms with van der Waals surface area (Å²) >= 11 is 0. The molecule has 3 aromatic carbocycles. The molecule has 0 saturated carbocycles. The minimum atomic E-state index is -0.0838. The van der Waals surface area contributed by atoms with Crippen molar-refractivity contribution in [1.29, 1.82) is 0 Å². The van der Waals surface area contributed by atoms with Gasteiger partial charge < -0.3 is 19.5 Å². The molecule has 2 amide bonds. The lowest BCUT2D eigenvalue weighted by Gasteiger charge is -2.26. The van der Waals surface area contributed by atoms with Crippen molar-refractivity contribution in [3.8, 4) is 0 Å². The average Bonchev–Trinajstić information content (AvgIpc) is 3.30. The van der Waals surface area contributed by atoms with E-state index in [1.807, 2.05) is 83.9 Å². The number of anilines is 1. The number of aryl methyl sites for hydroxylation is 2. The predicted molar refractivity (Wildman–Crippen MR) is 142 cm³/mol. The molecule has 0 atom stereocenters. The van der Waals surface area contributed by atoms with Gasteiger partial charge in [-0.1, -0.05) is 54.6 Å². The number of morpholine rings is 1. The first-order valence-corrected chi connectivity index (χ1v) is 12.6. The number of amides is 2. The summed E-state index contributed by atoms with van der Waals surface area (Å²) in [5.41, 5.74) is 4.39. The van der Waals surface area contributed by atoms with E-state index in [1.54, 1.807) is 0 Å². The van der Waals surface area contributed by atoms with E-state index < -0.39 is 0 Å². The predicted octanol–water partition coefficient (Wildman–Crippen LogP) is 5.39. The average molecular weight is 482 g/mol. The molecule has 0 radical (unpaired) electrons. The van der Waals surface area contributed by atoms with Gasteiger partial charge in [0.25, 0.3) is 11.8 Å². The molecule has 1 saturated heterocycles. The molecule has 1 aliphatic rings. The Hall–Kier alpha value is -3.90. The largest absolute Gasteiger partial charge is 0.378 e. The molecule has 0 spiro atoms. The summed E-state index contributed by atoms with van der Waals surface area (Å²) in [5.74, 6) is -0.00826. The highest BCUT2D eigenvalue weighted by atomic mass is 16.5. The summed E-state index contributed by atoms with van der Waals surface area (Å²) in [6, 6.07) is 25.4. The summed E-state index contributed by atoms with van der Waals surface area (Å²) in [7, 11) is 0. The van der Waals surface area contributed by atoms with Crippen LogP contribution < -0.4 is 5.32 Å². The molecule has 4 aromatic rings. The Morgan fingerprint density at radius 1 is 0.806 bits per heavy atom. The quantitative estimate of drug-likeness (QED) is 0.343. The minimum absolute atomic E-state index is 0.0756. The molecule has 36 heavy (non-hydrogen) atoms. The van der Waals surface area contributed by atoms with Gasteiger partial charge >= 0.3 is 0 Å². The number of nitrogens with one attached hydrogen (secondary N) is 1. The maximum atomic E-state index is 13.2. The monoisotopic (exact) mass is 481 g/mol. The molecule has 2 heterocycles. The number of carbonyl (C=O) groups is 2. The van der Waals surface area contributed by atoms with Gasteiger partial charge in [0, 0.05) is 48.0 Å². The van der Waals surface area contributed by atoms with E-state index >= 15 is 0 Å². The zero-order valence-corrected chi connectivity index (χ0v) is 20.4. The summed E-state index contributed by atoms with van der Waals surface area (Å²) in [4.78, 5) is 27.9. The Labute approximate surface area is 211 Å². The van der Waals surface area contributed by atoms with Crippen molar-refractivity contribution in [3.05, 3.63) is 102 Å². The number of nitrogens with zero attached hydrogens (tertiary/aromatic N) is 2. The van der Waals surface area contributed by atoms with Crippen molar-refractivity contribution >= 4 is 28.4 Å². The molecule has 1 aromatic heterocycles. The fourth-order valence-electron chi connectivity index (χ4n) is 4.82. The molecule has 6 nitrogen and oxygen atoms in total. The van der Waals surface area contributed by atoms with Crippen molar-refractivity contribution < 1.29 is 14.3 Å². The molecular weight excluding hydrogens is 450 g/mol. The van der Waals surface area contributed by atoms with Crippen molar-refractivity contribution in [2.24, 2.45) is 0 Å². The van der Waals surface area contributed by atoms with Gasteiger partial charge in [0.05, 0.1) is 18.8 Å². The van der Waals surface area contributed by atoms with Crippen molar-refractivity contribution in [3.63, 3.8) is 0 Å². The van der Waals surface area contributed by atoms with E-state index in [2.05, 4.69) is 16.0 Å². The first kappa shape index (κ1) is 23.8. The lowest BCUT2D eigenvalue weighted by molar-refractivity contribution is 0.0304. The van der Waals surface area contributed by atoms with Crippen LogP contribution in [0.1, 0.15) is 39.1 Å². The van der Waals surface area contributed by atoms with Crippen LogP contribution in [0.5, 0.6) is 0 Å². The highest BCUT2D eigenvalue weighted by molar-refractivity contribution is 6.07. The zero-order chi connectivity index (χ0) is 24.7.